The fraction of sp³-hybridized carbons (Fsp3) is 0.409. The Morgan fingerprint density at radius 2 is 2.03 bits per heavy atom. The third-order valence-electron chi connectivity index (χ3n) is 5.08. The van der Waals surface area contributed by atoms with E-state index in [9.17, 15) is 9.59 Å². The first kappa shape index (κ1) is 21.6. The Morgan fingerprint density at radius 3 is 2.80 bits per heavy atom. The Hall–Kier alpha value is -3.13. The molecule has 2 bridgehead atoms. The van der Waals surface area contributed by atoms with Crippen LogP contribution in [-0.2, 0) is 14.3 Å². The van der Waals surface area contributed by atoms with Gasteiger partial charge in [0.1, 0.15) is 6.04 Å². The molecule has 2 aromatic rings. The highest BCUT2D eigenvalue weighted by atomic mass is 16.5. The molecule has 1 aliphatic rings. The highest BCUT2D eigenvalue weighted by Gasteiger charge is 2.22. The van der Waals surface area contributed by atoms with Gasteiger partial charge in [-0.25, -0.2) is 9.59 Å². The van der Waals surface area contributed by atoms with Crippen molar-refractivity contribution in [2.45, 2.75) is 44.7 Å². The Bertz CT molecular complexity index is 902. The van der Waals surface area contributed by atoms with Crippen molar-refractivity contribution in [3.8, 4) is 11.1 Å². The summed E-state index contributed by atoms with van der Waals surface area (Å²) in [5.41, 5.74) is 10.2. The molecule has 4 N–H and O–H groups in total. The molecule has 1 aromatic heterocycles. The molecule has 0 fully saturated rings. The highest BCUT2D eigenvalue weighted by molar-refractivity contribution is 5.90. The summed E-state index contributed by atoms with van der Waals surface area (Å²) in [6, 6.07) is 8.64. The second kappa shape index (κ2) is 10.1. The maximum absolute atomic E-state index is 12.6. The van der Waals surface area contributed by atoms with E-state index >= 15 is 0 Å². The zero-order valence-electron chi connectivity index (χ0n) is 17.3. The number of hydrogen-bond donors (Lipinski definition) is 3. The summed E-state index contributed by atoms with van der Waals surface area (Å²) in [4.78, 5) is 28.6. The van der Waals surface area contributed by atoms with Crippen molar-refractivity contribution in [2.24, 2.45) is 5.73 Å². The van der Waals surface area contributed by atoms with E-state index in [4.69, 9.17) is 10.5 Å². The third kappa shape index (κ3) is 5.27. The fourth-order valence-electron chi connectivity index (χ4n) is 3.52. The number of anilines is 2. The summed E-state index contributed by atoms with van der Waals surface area (Å²) < 4.78 is 9.95. The molecule has 30 heavy (non-hydrogen) atoms. The number of rotatable bonds is 3. The maximum Gasteiger partial charge on any atom is 0.411 e. The number of amides is 1. The number of esters is 1. The summed E-state index contributed by atoms with van der Waals surface area (Å²) >= 11 is 0. The van der Waals surface area contributed by atoms with E-state index in [-0.39, 0.29) is 12.0 Å². The number of nitrogens with one attached hydrogen (secondary N) is 2. The Morgan fingerprint density at radius 1 is 1.23 bits per heavy atom. The van der Waals surface area contributed by atoms with Crippen molar-refractivity contribution in [1.82, 2.24) is 4.98 Å². The van der Waals surface area contributed by atoms with Gasteiger partial charge < -0.3 is 20.5 Å². The number of hydrogen-bond acceptors (Lipinski definition) is 7. The number of carbonyl (C=O) groups excluding carboxylic acids is 2. The highest BCUT2D eigenvalue weighted by Crippen LogP contribution is 2.33. The van der Waals surface area contributed by atoms with Crippen LogP contribution < -0.4 is 16.4 Å². The molecule has 8 nitrogen and oxygen atoms in total. The standard InChI is InChI=1S/C22H28N4O4/c1-3-30-21(27)18-7-5-4-6-17(23)20-12-14(10-11-24-20)16-9-8-15(13-19(16)26-18)25-22(28)29-2/h8-13,17-18,26H,3-7,23H2,1-2H3,(H,25,28)/t17-,18+/m0/s1. The molecular weight excluding hydrogens is 384 g/mol. The van der Waals surface area contributed by atoms with E-state index in [1.54, 1.807) is 25.3 Å². The van der Waals surface area contributed by atoms with Gasteiger partial charge in [0.15, 0.2) is 0 Å². The molecule has 160 valence electrons. The lowest BCUT2D eigenvalue weighted by Gasteiger charge is -2.23. The molecule has 0 radical (unpaired) electrons. The van der Waals surface area contributed by atoms with E-state index < -0.39 is 12.1 Å². The molecule has 0 saturated carbocycles. The van der Waals surface area contributed by atoms with E-state index in [1.165, 1.54) is 7.11 Å². The zero-order valence-corrected chi connectivity index (χ0v) is 17.3. The Kier molecular flexibility index (Phi) is 7.24. The van der Waals surface area contributed by atoms with Crippen LogP contribution in [0, 0.1) is 0 Å². The average molecular weight is 412 g/mol. The predicted octanol–water partition coefficient (Wildman–Crippen LogP) is 3.84. The van der Waals surface area contributed by atoms with Crippen LogP contribution in [0.1, 0.15) is 44.3 Å². The average Bonchev–Trinajstić information content (AvgIpc) is 2.75. The molecular formula is C22H28N4O4. The number of nitrogens with two attached hydrogens (primary N) is 1. The molecule has 1 amide bonds. The first-order chi connectivity index (χ1) is 14.5. The van der Waals surface area contributed by atoms with Gasteiger partial charge in [0, 0.05) is 29.2 Å². The monoisotopic (exact) mass is 412 g/mol. The van der Waals surface area contributed by atoms with E-state index in [1.807, 2.05) is 18.2 Å². The van der Waals surface area contributed by atoms with Crippen LogP contribution in [0.2, 0.25) is 0 Å². The van der Waals surface area contributed by atoms with Gasteiger partial charge in [-0.1, -0.05) is 18.9 Å². The van der Waals surface area contributed by atoms with Crippen LogP contribution in [0.5, 0.6) is 0 Å². The molecule has 3 rings (SSSR count). The van der Waals surface area contributed by atoms with Gasteiger partial charge in [-0.2, -0.15) is 0 Å². The summed E-state index contributed by atoms with van der Waals surface area (Å²) in [5, 5.41) is 6.00. The largest absolute Gasteiger partial charge is 0.464 e. The van der Waals surface area contributed by atoms with Crippen molar-refractivity contribution in [2.75, 3.05) is 24.4 Å². The normalized spacial score (nSPS) is 18.6. The van der Waals surface area contributed by atoms with Crippen molar-refractivity contribution >= 4 is 23.4 Å². The SMILES string of the molecule is CCOC(=O)[C@H]1CCCC[C@H](N)c2cc(ccn2)-c2ccc(NC(=O)OC)cc2N1. The Balaban J connectivity index is 2.06. The minimum absolute atomic E-state index is 0.165. The Labute approximate surface area is 176 Å². The van der Waals surface area contributed by atoms with Crippen molar-refractivity contribution < 1.29 is 19.1 Å². The lowest BCUT2D eigenvalue weighted by atomic mass is 9.97. The van der Waals surface area contributed by atoms with Gasteiger partial charge in [0.05, 0.1) is 19.4 Å². The van der Waals surface area contributed by atoms with Crippen LogP contribution in [0.3, 0.4) is 0 Å². The van der Waals surface area contributed by atoms with Gasteiger partial charge in [-0.15, -0.1) is 0 Å². The molecule has 1 aliphatic heterocycles. The van der Waals surface area contributed by atoms with Crippen molar-refractivity contribution in [3.05, 3.63) is 42.2 Å². The second-order valence-electron chi connectivity index (χ2n) is 7.19. The van der Waals surface area contributed by atoms with Gasteiger partial charge in [-0.3, -0.25) is 10.3 Å². The number of methoxy groups -OCH3 is 1. The van der Waals surface area contributed by atoms with E-state index in [0.29, 0.717) is 24.4 Å². The second-order valence-corrected chi connectivity index (χ2v) is 7.19. The summed E-state index contributed by atoms with van der Waals surface area (Å²) in [6.07, 6.45) is 4.27. The van der Waals surface area contributed by atoms with Gasteiger partial charge in [0.25, 0.3) is 0 Å². The lowest BCUT2D eigenvalue weighted by Crippen LogP contribution is -2.32. The van der Waals surface area contributed by atoms with Crippen molar-refractivity contribution in [1.29, 1.82) is 0 Å². The molecule has 2 heterocycles. The van der Waals surface area contributed by atoms with Crippen molar-refractivity contribution in [3.63, 3.8) is 0 Å². The van der Waals surface area contributed by atoms with Gasteiger partial charge in [-0.05, 0) is 49.6 Å². The van der Waals surface area contributed by atoms with Crippen LogP contribution >= 0.6 is 0 Å². The van der Waals surface area contributed by atoms with Crippen LogP contribution in [-0.4, -0.2) is 36.8 Å². The fourth-order valence-corrected chi connectivity index (χ4v) is 3.52. The van der Waals surface area contributed by atoms with E-state index in [2.05, 4.69) is 20.4 Å². The molecule has 0 unspecified atom stereocenters. The number of ether oxygens (including phenoxy) is 2. The number of aromatic nitrogens is 1. The molecule has 2 atom stereocenters. The van der Waals surface area contributed by atoms with Gasteiger partial charge in [0.2, 0.25) is 0 Å². The quantitative estimate of drug-likeness (QED) is 0.656. The molecule has 0 saturated heterocycles. The third-order valence-corrected chi connectivity index (χ3v) is 5.08. The van der Waals surface area contributed by atoms with Gasteiger partial charge >= 0.3 is 12.1 Å². The smallest absolute Gasteiger partial charge is 0.411 e. The summed E-state index contributed by atoms with van der Waals surface area (Å²) in [7, 11) is 1.31. The van der Waals surface area contributed by atoms with Crippen LogP contribution in [0.25, 0.3) is 11.1 Å². The lowest BCUT2D eigenvalue weighted by molar-refractivity contribution is -0.144. The zero-order chi connectivity index (χ0) is 21.5. The molecule has 0 aliphatic carbocycles. The topological polar surface area (TPSA) is 116 Å². The summed E-state index contributed by atoms with van der Waals surface area (Å²) in [6.45, 7) is 2.10. The van der Waals surface area contributed by atoms with E-state index in [0.717, 1.165) is 36.1 Å². The maximum atomic E-state index is 12.6. The number of pyridine rings is 1. The number of benzene rings is 1. The first-order valence-corrected chi connectivity index (χ1v) is 10.2. The van der Waals surface area contributed by atoms with Crippen LogP contribution in [0.15, 0.2) is 36.5 Å². The molecule has 0 spiro atoms. The molecule has 1 aromatic carbocycles. The molecule has 8 heteroatoms. The first-order valence-electron chi connectivity index (χ1n) is 10.2. The minimum Gasteiger partial charge on any atom is -0.464 e. The predicted molar refractivity (Wildman–Crippen MR) is 115 cm³/mol. The van der Waals surface area contributed by atoms with Crippen LogP contribution in [0.4, 0.5) is 16.2 Å². The number of fused-ring (bicyclic) bond motifs is 4. The number of carbonyl (C=O) groups is 2. The number of nitrogens with zero attached hydrogens (tertiary/aromatic N) is 1. The summed E-state index contributed by atoms with van der Waals surface area (Å²) in [5.74, 6) is -0.299. The minimum atomic E-state index is -0.567.